The number of nitrogens with zero attached hydrogens (tertiary/aromatic N) is 7. The Morgan fingerprint density at radius 3 is 2.67 bits per heavy atom. The molecule has 0 aliphatic carbocycles. The summed E-state index contributed by atoms with van der Waals surface area (Å²) in [6.07, 6.45) is 9.45. The molecule has 36 heavy (non-hydrogen) atoms. The van der Waals surface area contributed by atoms with Crippen molar-refractivity contribution in [3.63, 3.8) is 0 Å². The molecule has 0 spiro atoms. The predicted molar refractivity (Wildman–Crippen MR) is 138 cm³/mol. The summed E-state index contributed by atoms with van der Waals surface area (Å²) < 4.78 is 16.0. The second-order valence-corrected chi connectivity index (χ2v) is 10.2. The Bertz CT molecular complexity index is 1300. The number of thiophene rings is 1. The van der Waals surface area contributed by atoms with Crippen molar-refractivity contribution < 1.29 is 9.47 Å². The van der Waals surface area contributed by atoms with Crippen LogP contribution in [-0.4, -0.2) is 87.0 Å². The summed E-state index contributed by atoms with van der Waals surface area (Å²) in [5, 5.41) is 14.6. The molecule has 0 saturated carbocycles. The minimum Gasteiger partial charge on any atom is -0.381 e. The van der Waals surface area contributed by atoms with Gasteiger partial charge in [0.1, 0.15) is 0 Å². The average molecular weight is 510 g/mol. The number of hydrogen-bond donors (Lipinski definition) is 2. The molecule has 6 heterocycles. The Hall–Kier alpha value is -2.90. The van der Waals surface area contributed by atoms with Gasteiger partial charge in [0, 0.05) is 57.3 Å². The van der Waals surface area contributed by atoms with Crippen LogP contribution in [0.2, 0.25) is 0 Å². The van der Waals surface area contributed by atoms with Crippen LogP contribution < -0.4 is 11.1 Å². The summed E-state index contributed by atoms with van der Waals surface area (Å²) in [6.45, 7) is 7.25. The molecule has 2 aliphatic rings. The van der Waals surface area contributed by atoms with Crippen LogP contribution in [0.15, 0.2) is 36.2 Å². The summed E-state index contributed by atoms with van der Waals surface area (Å²) in [5.41, 5.74) is 9.57. The molecule has 2 fully saturated rings. The summed E-state index contributed by atoms with van der Waals surface area (Å²) in [6, 6.07) is 2.02. The normalized spacial score (nSPS) is 18.6. The molecule has 0 unspecified atom stereocenters. The first-order valence-electron chi connectivity index (χ1n) is 12.4. The van der Waals surface area contributed by atoms with E-state index in [1.54, 1.807) is 11.3 Å². The van der Waals surface area contributed by atoms with Crippen molar-refractivity contribution in [1.82, 2.24) is 34.4 Å². The Morgan fingerprint density at radius 2 is 1.83 bits per heavy atom. The van der Waals surface area contributed by atoms with Gasteiger partial charge in [-0.3, -0.25) is 14.3 Å². The maximum Gasteiger partial charge on any atom is 0.228 e. The van der Waals surface area contributed by atoms with E-state index in [2.05, 4.69) is 21.5 Å². The van der Waals surface area contributed by atoms with Crippen molar-refractivity contribution in [3.05, 3.63) is 36.2 Å². The van der Waals surface area contributed by atoms with Gasteiger partial charge in [-0.2, -0.15) is 10.2 Å². The largest absolute Gasteiger partial charge is 0.381 e. The summed E-state index contributed by atoms with van der Waals surface area (Å²) in [5.74, 6) is 0.538. The highest BCUT2D eigenvalue weighted by atomic mass is 32.1. The first kappa shape index (κ1) is 23.5. The standard InChI is InChI=1S/C24H31N9O2S/c25-17-24(2-8-34-9-3-24)33-15-18(13-27-33)21-22-20(1-12-36-22)29-23(30-21)28-19-14-26-32(16-19)5-4-31-6-10-35-11-7-31/h1,12-16H,2-11,17,25H2,(H,28,29,30). The fraction of sp³-hybridized carbons (Fsp3) is 0.500. The Morgan fingerprint density at radius 1 is 1.00 bits per heavy atom. The van der Waals surface area contributed by atoms with E-state index in [0.717, 1.165) is 79.4 Å². The van der Waals surface area contributed by atoms with E-state index in [4.69, 9.17) is 30.3 Å². The van der Waals surface area contributed by atoms with Crippen molar-refractivity contribution in [2.45, 2.75) is 24.9 Å². The zero-order chi connectivity index (χ0) is 24.4. The van der Waals surface area contributed by atoms with Crippen LogP contribution in [0.3, 0.4) is 0 Å². The van der Waals surface area contributed by atoms with Crippen molar-refractivity contribution in [1.29, 1.82) is 0 Å². The van der Waals surface area contributed by atoms with Gasteiger partial charge in [0.25, 0.3) is 0 Å². The number of morpholine rings is 1. The molecule has 4 aromatic heterocycles. The number of ether oxygens (including phenoxy) is 2. The maximum atomic E-state index is 6.20. The van der Waals surface area contributed by atoms with E-state index in [1.165, 1.54) is 0 Å². The van der Waals surface area contributed by atoms with Crippen LogP contribution in [0.4, 0.5) is 11.6 Å². The molecule has 2 aliphatic heterocycles. The lowest BCUT2D eigenvalue weighted by Crippen LogP contribution is -2.46. The fourth-order valence-corrected chi connectivity index (χ4v) is 5.69. The monoisotopic (exact) mass is 509 g/mol. The average Bonchev–Trinajstić information content (AvgIpc) is 3.69. The molecule has 2 saturated heterocycles. The van der Waals surface area contributed by atoms with Crippen LogP contribution >= 0.6 is 11.3 Å². The second kappa shape index (κ2) is 10.2. The molecule has 3 N–H and O–H groups in total. The van der Waals surface area contributed by atoms with Crippen LogP contribution in [0.25, 0.3) is 21.5 Å². The third-order valence-electron chi connectivity index (χ3n) is 7.09. The van der Waals surface area contributed by atoms with E-state index >= 15 is 0 Å². The quantitative estimate of drug-likeness (QED) is 0.368. The highest BCUT2D eigenvalue weighted by Crippen LogP contribution is 2.34. The van der Waals surface area contributed by atoms with Gasteiger partial charge in [-0.05, 0) is 24.3 Å². The summed E-state index contributed by atoms with van der Waals surface area (Å²) in [7, 11) is 0. The van der Waals surface area contributed by atoms with Crippen LogP contribution in [-0.2, 0) is 21.6 Å². The highest BCUT2D eigenvalue weighted by Gasteiger charge is 2.34. The van der Waals surface area contributed by atoms with Gasteiger partial charge in [0.05, 0.1) is 59.3 Å². The van der Waals surface area contributed by atoms with Gasteiger partial charge < -0.3 is 20.5 Å². The molecule has 0 amide bonds. The fourth-order valence-electron chi connectivity index (χ4n) is 4.85. The van der Waals surface area contributed by atoms with Gasteiger partial charge in [-0.1, -0.05) is 0 Å². The first-order chi connectivity index (χ1) is 17.7. The van der Waals surface area contributed by atoms with E-state index < -0.39 is 0 Å². The van der Waals surface area contributed by atoms with Gasteiger partial charge in [-0.15, -0.1) is 11.3 Å². The number of aromatic nitrogens is 6. The summed E-state index contributed by atoms with van der Waals surface area (Å²) in [4.78, 5) is 12.0. The number of fused-ring (bicyclic) bond motifs is 1. The molecule has 0 aromatic carbocycles. The number of rotatable bonds is 8. The predicted octanol–water partition coefficient (Wildman–Crippen LogP) is 2.29. The van der Waals surface area contributed by atoms with Gasteiger partial charge >= 0.3 is 0 Å². The SMILES string of the molecule is NCC1(n2cc(-c3nc(Nc4cnn(CCN5CCOCC5)c4)nc4ccsc34)cn2)CCOCC1. The number of nitrogens with one attached hydrogen (secondary N) is 1. The van der Waals surface area contributed by atoms with Crippen LogP contribution in [0.5, 0.6) is 0 Å². The minimum absolute atomic E-state index is 0.213. The van der Waals surface area contributed by atoms with Gasteiger partial charge in [0.15, 0.2) is 0 Å². The first-order valence-corrected chi connectivity index (χ1v) is 13.3. The van der Waals surface area contributed by atoms with Crippen molar-refractivity contribution in [2.24, 2.45) is 5.73 Å². The molecule has 0 atom stereocenters. The topological polar surface area (TPSA) is 121 Å². The number of hydrogen-bond acceptors (Lipinski definition) is 10. The molecule has 4 aromatic rings. The molecule has 0 radical (unpaired) electrons. The van der Waals surface area contributed by atoms with Gasteiger partial charge in [0.2, 0.25) is 5.95 Å². The third kappa shape index (κ3) is 4.74. The molecule has 12 heteroatoms. The molecule has 6 rings (SSSR count). The van der Waals surface area contributed by atoms with Crippen molar-refractivity contribution in [3.8, 4) is 11.3 Å². The highest BCUT2D eigenvalue weighted by molar-refractivity contribution is 7.17. The van der Waals surface area contributed by atoms with E-state index in [-0.39, 0.29) is 5.54 Å². The second-order valence-electron chi connectivity index (χ2n) is 9.32. The van der Waals surface area contributed by atoms with Crippen LogP contribution in [0.1, 0.15) is 12.8 Å². The number of nitrogens with two attached hydrogens (primary N) is 1. The van der Waals surface area contributed by atoms with Crippen molar-refractivity contribution >= 4 is 33.2 Å². The lowest BCUT2D eigenvalue weighted by atomic mass is 9.90. The molecule has 11 nitrogen and oxygen atoms in total. The summed E-state index contributed by atoms with van der Waals surface area (Å²) >= 11 is 1.63. The van der Waals surface area contributed by atoms with Crippen molar-refractivity contribution in [2.75, 3.05) is 57.9 Å². The number of anilines is 2. The van der Waals surface area contributed by atoms with Crippen LogP contribution in [0, 0.1) is 0 Å². The maximum absolute atomic E-state index is 6.20. The minimum atomic E-state index is -0.213. The third-order valence-corrected chi connectivity index (χ3v) is 8.00. The zero-order valence-electron chi connectivity index (χ0n) is 20.2. The Kier molecular flexibility index (Phi) is 6.67. The van der Waals surface area contributed by atoms with Gasteiger partial charge in [-0.25, -0.2) is 9.97 Å². The smallest absolute Gasteiger partial charge is 0.228 e. The van der Waals surface area contributed by atoms with E-state index in [9.17, 15) is 0 Å². The molecular weight excluding hydrogens is 478 g/mol. The van der Waals surface area contributed by atoms with E-state index in [1.807, 2.05) is 39.4 Å². The molecule has 190 valence electrons. The lowest BCUT2D eigenvalue weighted by molar-refractivity contribution is 0.0193. The molecule has 0 bridgehead atoms. The Balaban J connectivity index is 1.22. The van der Waals surface area contributed by atoms with E-state index in [0.29, 0.717) is 25.7 Å². The Labute approximate surface area is 213 Å². The molecular formula is C24H31N9O2S. The lowest BCUT2D eigenvalue weighted by Gasteiger charge is -2.36. The zero-order valence-corrected chi connectivity index (χ0v) is 21.0.